The molecule has 0 bridgehead atoms. The maximum Gasteiger partial charge on any atom is 0.0641 e. The number of nitrogens with one attached hydrogen (secondary N) is 1. The van der Waals surface area contributed by atoms with Gasteiger partial charge in [-0.05, 0) is 18.4 Å². The molecule has 1 atom stereocenters. The Morgan fingerprint density at radius 3 is 2.31 bits per heavy atom. The van der Waals surface area contributed by atoms with Crippen molar-refractivity contribution in [2.45, 2.75) is 45.2 Å². The summed E-state index contributed by atoms with van der Waals surface area (Å²) in [5.41, 5.74) is 1.20. The molecule has 0 aliphatic rings. The van der Waals surface area contributed by atoms with E-state index < -0.39 is 0 Å². The van der Waals surface area contributed by atoms with Crippen LogP contribution >= 0.6 is 0 Å². The van der Waals surface area contributed by atoms with Crippen LogP contribution in [0.2, 0.25) is 0 Å². The zero-order valence-electron chi connectivity index (χ0n) is 10.1. The van der Waals surface area contributed by atoms with Crippen molar-refractivity contribution >= 4 is 0 Å². The van der Waals surface area contributed by atoms with Crippen molar-refractivity contribution in [1.82, 2.24) is 5.32 Å². The predicted octanol–water partition coefficient (Wildman–Crippen LogP) is 3.42. The zero-order chi connectivity index (χ0) is 11.8. The summed E-state index contributed by atoms with van der Waals surface area (Å²) in [4.78, 5) is 0. The Morgan fingerprint density at radius 1 is 1.19 bits per heavy atom. The molecule has 1 unspecified atom stereocenters. The number of rotatable bonds is 6. The fraction of sp³-hybridized carbons (Fsp3) is 0.500. The Hall–Kier alpha value is -1.33. The summed E-state index contributed by atoms with van der Waals surface area (Å²) >= 11 is 0. The highest BCUT2D eigenvalue weighted by Crippen LogP contribution is 2.17. The molecule has 0 aliphatic carbocycles. The third kappa shape index (κ3) is 3.67. The standard InChI is InChI=1S/C14H20N2/c1-3-13(4-2)16-14(10-11-15)12-8-6-5-7-9-12/h5-9,13-14,16H,3-4,10H2,1-2H3. The lowest BCUT2D eigenvalue weighted by Gasteiger charge is -2.22. The van der Waals surface area contributed by atoms with Crippen molar-refractivity contribution in [2.24, 2.45) is 0 Å². The molecule has 0 heterocycles. The summed E-state index contributed by atoms with van der Waals surface area (Å²) in [6, 6.07) is 13.1. The fourth-order valence-corrected chi connectivity index (χ4v) is 1.86. The van der Waals surface area contributed by atoms with Gasteiger partial charge >= 0.3 is 0 Å². The second-order valence-electron chi connectivity index (χ2n) is 4.01. The molecule has 1 aromatic carbocycles. The first kappa shape index (κ1) is 12.7. The highest BCUT2D eigenvalue weighted by molar-refractivity contribution is 5.20. The summed E-state index contributed by atoms with van der Waals surface area (Å²) in [6.45, 7) is 4.35. The molecule has 0 radical (unpaired) electrons. The van der Waals surface area contributed by atoms with Crippen LogP contribution in [0.1, 0.15) is 44.7 Å². The van der Waals surface area contributed by atoms with Crippen LogP contribution in [-0.4, -0.2) is 6.04 Å². The molecule has 0 fully saturated rings. The summed E-state index contributed by atoms with van der Waals surface area (Å²) in [5.74, 6) is 0. The number of nitriles is 1. The van der Waals surface area contributed by atoms with Crippen LogP contribution in [0.3, 0.4) is 0 Å². The number of benzene rings is 1. The minimum absolute atomic E-state index is 0.163. The second kappa shape index (κ2) is 7.03. The van der Waals surface area contributed by atoms with Gasteiger partial charge < -0.3 is 5.32 Å². The lowest BCUT2D eigenvalue weighted by molar-refractivity contribution is 0.418. The van der Waals surface area contributed by atoms with Crippen LogP contribution in [0.4, 0.5) is 0 Å². The highest BCUT2D eigenvalue weighted by Gasteiger charge is 2.14. The number of hydrogen-bond acceptors (Lipinski definition) is 2. The van der Waals surface area contributed by atoms with Crippen LogP contribution in [0.15, 0.2) is 30.3 Å². The van der Waals surface area contributed by atoms with Gasteiger partial charge in [-0.1, -0.05) is 44.2 Å². The van der Waals surface area contributed by atoms with Gasteiger partial charge in [0.05, 0.1) is 12.5 Å². The fourth-order valence-electron chi connectivity index (χ4n) is 1.86. The van der Waals surface area contributed by atoms with E-state index in [1.165, 1.54) is 5.56 Å². The molecule has 0 aliphatic heterocycles. The Morgan fingerprint density at radius 2 is 1.81 bits per heavy atom. The Balaban J connectivity index is 2.72. The number of nitrogens with zero attached hydrogens (tertiary/aromatic N) is 1. The largest absolute Gasteiger partial charge is 0.306 e. The van der Waals surface area contributed by atoms with Gasteiger partial charge in [0.2, 0.25) is 0 Å². The Bertz CT molecular complexity index is 322. The third-order valence-corrected chi connectivity index (χ3v) is 2.92. The molecule has 1 rings (SSSR count). The van der Waals surface area contributed by atoms with Crippen molar-refractivity contribution in [3.63, 3.8) is 0 Å². The molecule has 0 saturated carbocycles. The van der Waals surface area contributed by atoms with E-state index in [0.29, 0.717) is 12.5 Å². The van der Waals surface area contributed by atoms with Gasteiger partial charge in [-0.25, -0.2) is 0 Å². The van der Waals surface area contributed by atoms with E-state index >= 15 is 0 Å². The van der Waals surface area contributed by atoms with Crippen molar-refractivity contribution < 1.29 is 0 Å². The van der Waals surface area contributed by atoms with E-state index in [9.17, 15) is 0 Å². The monoisotopic (exact) mass is 216 g/mol. The topological polar surface area (TPSA) is 35.8 Å². The van der Waals surface area contributed by atoms with E-state index in [1.54, 1.807) is 0 Å². The van der Waals surface area contributed by atoms with Gasteiger partial charge in [-0.15, -0.1) is 0 Å². The van der Waals surface area contributed by atoms with Crippen molar-refractivity contribution in [3.05, 3.63) is 35.9 Å². The average molecular weight is 216 g/mol. The lowest BCUT2D eigenvalue weighted by atomic mass is 10.0. The summed E-state index contributed by atoms with van der Waals surface area (Å²) in [6.07, 6.45) is 2.73. The van der Waals surface area contributed by atoms with Crippen LogP contribution in [-0.2, 0) is 0 Å². The highest BCUT2D eigenvalue weighted by atomic mass is 14.9. The van der Waals surface area contributed by atoms with Crippen LogP contribution in [0, 0.1) is 11.3 Å². The van der Waals surface area contributed by atoms with Gasteiger partial charge in [-0.3, -0.25) is 0 Å². The average Bonchev–Trinajstić information content (AvgIpc) is 2.35. The van der Waals surface area contributed by atoms with E-state index in [0.717, 1.165) is 12.8 Å². The van der Waals surface area contributed by atoms with Gasteiger partial charge in [-0.2, -0.15) is 5.26 Å². The van der Waals surface area contributed by atoms with Crippen LogP contribution in [0.5, 0.6) is 0 Å². The van der Waals surface area contributed by atoms with Crippen LogP contribution < -0.4 is 5.32 Å². The molecule has 0 saturated heterocycles. The van der Waals surface area contributed by atoms with E-state index in [-0.39, 0.29) is 6.04 Å². The van der Waals surface area contributed by atoms with Crippen molar-refractivity contribution in [3.8, 4) is 6.07 Å². The molecule has 2 nitrogen and oxygen atoms in total. The van der Waals surface area contributed by atoms with Crippen molar-refractivity contribution in [1.29, 1.82) is 5.26 Å². The maximum absolute atomic E-state index is 8.87. The molecule has 0 amide bonds. The molecule has 86 valence electrons. The summed E-state index contributed by atoms with van der Waals surface area (Å²) in [5, 5.41) is 12.4. The first-order valence-corrected chi connectivity index (χ1v) is 5.99. The SMILES string of the molecule is CCC(CC)NC(CC#N)c1ccccc1. The second-order valence-corrected chi connectivity index (χ2v) is 4.01. The first-order valence-electron chi connectivity index (χ1n) is 5.99. The third-order valence-electron chi connectivity index (χ3n) is 2.92. The normalized spacial score (nSPS) is 12.4. The van der Waals surface area contributed by atoms with Gasteiger partial charge in [0.25, 0.3) is 0 Å². The van der Waals surface area contributed by atoms with Crippen LogP contribution in [0.25, 0.3) is 0 Å². The molecule has 16 heavy (non-hydrogen) atoms. The number of hydrogen-bond donors (Lipinski definition) is 1. The lowest BCUT2D eigenvalue weighted by Crippen LogP contribution is -2.31. The zero-order valence-corrected chi connectivity index (χ0v) is 10.1. The predicted molar refractivity (Wildman–Crippen MR) is 66.9 cm³/mol. The van der Waals surface area contributed by atoms with E-state index in [1.807, 2.05) is 18.2 Å². The van der Waals surface area contributed by atoms with Crippen molar-refractivity contribution in [2.75, 3.05) is 0 Å². The maximum atomic E-state index is 8.87. The van der Waals surface area contributed by atoms with Gasteiger partial charge in [0.1, 0.15) is 0 Å². The Kier molecular flexibility index (Phi) is 5.60. The molecule has 1 N–H and O–H groups in total. The van der Waals surface area contributed by atoms with E-state index in [4.69, 9.17) is 5.26 Å². The van der Waals surface area contributed by atoms with Gasteiger partial charge in [0, 0.05) is 12.1 Å². The molecular weight excluding hydrogens is 196 g/mol. The molecule has 2 heteroatoms. The Labute approximate surface area is 98.3 Å². The molecule has 0 spiro atoms. The minimum Gasteiger partial charge on any atom is -0.306 e. The van der Waals surface area contributed by atoms with E-state index in [2.05, 4.69) is 37.4 Å². The summed E-state index contributed by atoms with van der Waals surface area (Å²) in [7, 11) is 0. The smallest absolute Gasteiger partial charge is 0.0641 e. The molecule has 1 aromatic rings. The molecule has 0 aromatic heterocycles. The van der Waals surface area contributed by atoms with Gasteiger partial charge in [0.15, 0.2) is 0 Å². The summed E-state index contributed by atoms with van der Waals surface area (Å²) < 4.78 is 0. The first-order chi connectivity index (χ1) is 7.81. The minimum atomic E-state index is 0.163. The quantitative estimate of drug-likeness (QED) is 0.791. The molecular formula is C14H20N2.